The van der Waals surface area contributed by atoms with Crippen molar-refractivity contribution >= 4 is 23.5 Å². The minimum Gasteiger partial charge on any atom is -0.338 e. The maximum absolute atomic E-state index is 13.1. The summed E-state index contributed by atoms with van der Waals surface area (Å²) in [6.45, 7) is 2.32. The Bertz CT molecular complexity index is 927. The molecule has 1 saturated heterocycles. The van der Waals surface area contributed by atoms with Crippen molar-refractivity contribution in [1.29, 1.82) is 5.26 Å². The highest BCUT2D eigenvalue weighted by atomic mass is 16.2. The zero-order chi connectivity index (χ0) is 19.6. The van der Waals surface area contributed by atoms with E-state index in [2.05, 4.69) is 21.4 Å². The van der Waals surface area contributed by atoms with Crippen molar-refractivity contribution in [1.82, 2.24) is 14.9 Å². The number of benzene rings is 1. The fraction of sp³-hybridized carbons (Fsp3) is 0.350. The van der Waals surface area contributed by atoms with Gasteiger partial charge in [-0.15, -0.1) is 0 Å². The first-order valence-electron chi connectivity index (χ1n) is 9.26. The van der Waals surface area contributed by atoms with Gasteiger partial charge in [0, 0.05) is 38.6 Å². The lowest BCUT2D eigenvalue weighted by molar-refractivity contribution is -0.142. The van der Waals surface area contributed by atoms with Crippen LogP contribution in [0, 0.1) is 16.7 Å². The molecule has 0 atom stereocenters. The van der Waals surface area contributed by atoms with E-state index >= 15 is 0 Å². The molecule has 1 aromatic heterocycles. The number of anilines is 2. The number of hydrogen-bond acceptors (Lipinski definition) is 6. The summed E-state index contributed by atoms with van der Waals surface area (Å²) in [5, 5.41) is 12.0. The van der Waals surface area contributed by atoms with Crippen LogP contribution in [0.15, 0.2) is 42.7 Å². The number of carbonyl (C=O) groups excluding carboxylic acids is 2. The number of amides is 2. The summed E-state index contributed by atoms with van der Waals surface area (Å²) in [6.07, 6.45) is 4.47. The Kier molecular flexibility index (Phi) is 4.65. The van der Waals surface area contributed by atoms with E-state index in [1.807, 2.05) is 4.90 Å². The molecule has 2 aliphatic rings. The molecule has 2 amide bonds. The number of piperazine rings is 1. The molecule has 142 valence electrons. The summed E-state index contributed by atoms with van der Waals surface area (Å²) in [4.78, 5) is 38.2. The Balaban J connectivity index is 1.41. The predicted octanol–water partition coefficient (Wildman–Crippen LogP) is 1.42. The summed E-state index contributed by atoms with van der Waals surface area (Å²) in [5.41, 5.74) is -0.177. The highest BCUT2D eigenvalue weighted by molar-refractivity contribution is 6.13. The van der Waals surface area contributed by atoms with Crippen molar-refractivity contribution in [3.8, 4) is 6.07 Å². The monoisotopic (exact) mass is 376 g/mol. The first-order chi connectivity index (χ1) is 13.6. The number of para-hydroxylation sites is 1. The fourth-order valence-corrected chi connectivity index (χ4v) is 3.46. The average molecular weight is 376 g/mol. The average Bonchev–Trinajstić information content (AvgIpc) is 3.56. The van der Waals surface area contributed by atoms with Gasteiger partial charge in [0.15, 0.2) is 0 Å². The molecule has 2 fully saturated rings. The van der Waals surface area contributed by atoms with Gasteiger partial charge in [0.1, 0.15) is 11.5 Å². The van der Waals surface area contributed by atoms with Gasteiger partial charge in [0.25, 0.3) is 0 Å². The number of rotatable bonds is 4. The van der Waals surface area contributed by atoms with Gasteiger partial charge in [-0.05, 0) is 31.0 Å². The first kappa shape index (κ1) is 17.9. The van der Waals surface area contributed by atoms with Crippen LogP contribution in [0.4, 0.5) is 11.6 Å². The molecule has 1 aliphatic carbocycles. The number of nitriles is 1. The van der Waals surface area contributed by atoms with Gasteiger partial charge in [0.2, 0.25) is 17.8 Å². The third kappa shape index (κ3) is 3.27. The van der Waals surface area contributed by atoms with Gasteiger partial charge in [0.05, 0.1) is 11.3 Å². The third-order valence-electron chi connectivity index (χ3n) is 5.29. The number of nitrogens with zero attached hydrogens (tertiary/aromatic N) is 5. The molecule has 8 nitrogen and oxygen atoms in total. The molecule has 4 rings (SSSR count). The van der Waals surface area contributed by atoms with Crippen LogP contribution < -0.4 is 10.2 Å². The first-order valence-corrected chi connectivity index (χ1v) is 9.26. The molecular weight excluding hydrogens is 356 g/mol. The van der Waals surface area contributed by atoms with Crippen molar-refractivity contribution in [2.24, 2.45) is 5.41 Å². The fourth-order valence-electron chi connectivity index (χ4n) is 3.46. The van der Waals surface area contributed by atoms with Crippen LogP contribution in [-0.2, 0) is 9.59 Å². The van der Waals surface area contributed by atoms with E-state index in [1.165, 1.54) is 0 Å². The van der Waals surface area contributed by atoms with Crippen LogP contribution in [-0.4, -0.2) is 52.9 Å². The van der Waals surface area contributed by atoms with Crippen molar-refractivity contribution in [2.75, 3.05) is 36.4 Å². The molecule has 1 saturated carbocycles. The smallest absolute Gasteiger partial charge is 0.240 e. The molecule has 0 bridgehead atoms. The van der Waals surface area contributed by atoms with E-state index in [0.29, 0.717) is 56.2 Å². The lowest BCUT2D eigenvalue weighted by Gasteiger charge is -2.36. The normalized spacial score (nSPS) is 17.5. The highest BCUT2D eigenvalue weighted by Gasteiger charge is 2.58. The van der Waals surface area contributed by atoms with Crippen molar-refractivity contribution in [3.63, 3.8) is 0 Å². The molecular formula is C20H20N6O2. The van der Waals surface area contributed by atoms with E-state index in [0.717, 1.165) is 0 Å². The molecule has 0 spiro atoms. The summed E-state index contributed by atoms with van der Waals surface area (Å²) < 4.78 is 0. The molecule has 2 aromatic rings. The Morgan fingerprint density at radius 3 is 2.36 bits per heavy atom. The molecule has 1 N–H and O–H groups in total. The second-order valence-corrected chi connectivity index (χ2v) is 7.02. The number of nitrogens with one attached hydrogen (secondary N) is 1. The Labute approximate surface area is 162 Å². The van der Waals surface area contributed by atoms with Gasteiger partial charge < -0.3 is 15.1 Å². The van der Waals surface area contributed by atoms with Gasteiger partial charge in [-0.3, -0.25) is 9.59 Å². The number of carbonyl (C=O) groups is 2. The van der Waals surface area contributed by atoms with Crippen LogP contribution in [0.25, 0.3) is 0 Å². The van der Waals surface area contributed by atoms with Crippen LogP contribution >= 0.6 is 0 Å². The van der Waals surface area contributed by atoms with Gasteiger partial charge in [-0.1, -0.05) is 12.1 Å². The summed E-state index contributed by atoms with van der Waals surface area (Å²) in [5.74, 6) is 0.198. The molecule has 0 radical (unpaired) electrons. The van der Waals surface area contributed by atoms with Crippen LogP contribution in [0.1, 0.15) is 18.4 Å². The van der Waals surface area contributed by atoms with Gasteiger partial charge in [-0.25, -0.2) is 9.97 Å². The Morgan fingerprint density at radius 1 is 1.04 bits per heavy atom. The standard InChI is InChI=1S/C20H20N6O2/c21-14-15-4-1-2-5-16(15)24-17(27)20(6-7-20)18(28)25-10-12-26(13-11-25)19-22-8-3-9-23-19/h1-5,8-9H,6-7,10-13H2,(H,24,27). The van der Waals surface area contributed by atoms with E-state index < -0.39 is 5.41 Å². The highest BCUT2D eigenvalue weighted by Crippen LogP contribution is 2.48. The molecule has 1 aliphatic heterocycles. The zero-order valence-electron chi connectivity index (χ0n) is 15.3. The quantitative estimate of drug-likeness (QED) is 0.810. The van der Waals surface area contributed by atoms with Crippen molar-refractivity contribution in [2.45, 2.75) is 12.8 Å². The molecule has 28 heavy (non-hydrogen) atoms. The molecule has 1 aromatic carbocycles. The van der Waals surface area contributed by atoms with E-state index in [9.17, 15) is 14.9 Å². The summed E-state index contributed by atoms with van der Waals surface area (Å²) in [7, 11) is 0. The minimum absolute atomic E-state index is 0.131. The maximum atomic E-state index is 13.1. The SMILES string of the molecule is N#Cc1ccccc1NC(=O)C1(C(=O)N2CCN(c3ncccn3)CC2)CC1. The van der Waals surface area contributed by atoms with Crippen LogP contribution in [0.5, 0.6) is 0 Å². The van der Waals surface area contributed by atoms with E-state index in [1.54, 1.807) is 47.6 Å². The molecule has 8 heteroatoms. The van der Waals surface area contributed by atoms with Gasteiger partial charge >= 0.3 is 0 Å². The lowest BCUT2D eigenvalue weighted by Crippen LogP contribution is -2.53. The van der Waals surface area contributed by atoms with E-state index in [-0.39, 0.29) is 11.8 Å². The lowest BCUT2D eigenvalue weighted by atomic mass is 10.0. The molecule has 0 unspecified atom stereocenters. The Hall–Kier alpha value is -3.47. The summed E-state index contributed by atoms with van der Waals surface area (Å²) >= 11 is 0. The van der Waals surface area contributed by atoms with Crippen LogP contribution in [0.2, 0.25) is 0 Å². The summed E-state index contributed by atoms with van der Waals surface area (Å²) in [6, 6.07) is 10.6. The van der Waals surface area contributed by atoms with Crippen molar-refractivity contribution in [3.05, 3.63) is 48.3 Å². The largest absolute Gasteiger partial charge is 0.338 e. The topological polar surface area (TPSA) is 102 Å². The predicted molar refractivity (Wildman–Crippen MR) is 102 cm³/mol. The minimum atomic E-state index is -1.01. The second-order valence-electron chi connectivity index (χ2n) is 7.02. The molecule has 2 heterocycles. The van der Waals surface area contributed by atoms with Crippen LogP contribution in [0.3, 0.4) is 0 Å². The Morgan fingerprint density at radius 2 is 1.71 bits per heavy atom. The van der Waals surface area contributed by atoms with E-state index in [4.69, 9.17) is 0 Å². The number of hydrogen-bond donors (Lipinski definition) is 1. The zero-order valence-corrected chi connectivity index (χ0v) is 15.3. The second kappa shape index (κ2) is 7.27. The number of aromatic nitrogens is 2. The maximum Gasteiger partial charge on any atom is 0.240 e. The van der Waals surface area contributed by atoms with Crippen molar-refractivity contribution < 1.29 is 9.59 Å². The third-order valence-corrected chi connectivity index (χ3v) is 5.29. The van der Waals surface area contributed by atoms with Gasteiger partial charge in [-0.2, -0.15) is 5.26 Å².